The fourth-order valence-electron chi connectivity index (χ4n) is 2.56. The van der Waals surface area contributed by atoms with Crippen LogP contribution in [0.5, 0.6) is 0 Å². The van der Waals surface area contributed by atoms with Gasteiger partial charge >= 0.3 is 0 Å². The molecule has 6 heteroatoms. The topological polar surface area (TPSA) is 49.3 Å². The van der Waals surface area contributed by atoms with Gasteiger partial charge in [0.15, 0.2) is 0 Å². The third kappa shape index (κ3) is 3.20. The highest BCUT2D eigenvalue weighted by Crippen LogP contribution is 2.30. The van der Waals surface area contributed by atoms with Crippen molar-refractivity contribution in [3.63, 3.8) is 0 Å². The predicted octanol–water partition coefficient (Wildman–Crippen LogP) is 2.31. The molecule has 1 aromatic heterocycles. The predicted molar refractivity (Wildman–Crippen MR) is 80.2 cm³/mol. The summed E-state index contributed by atoms with van der Waals surface area (Å²) in [5.41, 5.74) is 0.991. The molecular formula is C14H21ClN4O. The van der Waals surface area contributed by atoms with Gasteiger partial charge in [-0.2, -0.15) is 0 Å². The number of aromatic nitrogens is 2. The summed E-state index contributed by atoms with van der Waals surface area (Å²) in [5.74, 6) is 1.31. The maximum Gasteiger partial charge on any atom is 0.219 e. The van der Waals surface area contributed by atoms with Gasteiger partial charge in [-0.15, -0.1) is 0 Å². The Morgan fingerprint density at radius 1 is 1.25 bits per heavy atom. The quantitative estimate of drug-likeness (QED) is 0.786. The normalized spacial score (nSPS) is 16.4. The van der Waals surface area contributed by atoms with Crippen LogP contribution in [0.15, 0.2) is 6.33 Å². The van der Waals surface area contributed by atoms with Gasteiger partial charge in [0.1, 0.15) is 17.3 Å². The van der Waals surface area contributed by atoms with E-state index in [1.54, 1.807) is 6.92 Å². The smallest absolute Gasteiger partial charge is 0.219 e. The monoisotopic (exact) mass is 296 g/mol. The van der Waals surface area contributed by atoms with E-state index in [4.69, 9.17) is 11.6 Å². The number of amides is 1. The van der Waals surface area contributed by atoms with E-state index in [-0.39, 0.29) is 11.8 Å². The average Bonchev–Trinajstić information content (AvgIpc) is 2.63. The highest BCUT2D eigenvalue weighted by Gasteiger charge is 2.22. The molecule has 0 N–H and O–H groups in total. The molecule has 2 heterocycles. The molecule has 1 amide bonds. The van der Waals surface area contributed by atoms with Gasteiger partial charge in [-0.1, -0.05) is 25.4 Å². The molecule has 1 aromatic rings. The minimum absolute atomic E-state index is 0.136. The molecule has 0 spiro atoms. The van der Waals surface area contributed by atoms with Gasteiger partial charge in [-0.3, -0.25) is 4.79 Å². The largest absolute Gasteiger partial charge is 0.354 e. The summed E-state index contributed by atoms with van der Waals surface area (Å²) in [6.45, 7) is 9.01. The molecule has 0 aromatic carbocycles. The second kappa shape index (κ2) is 6.39. The summed E-state index contributed by atoms with van der Waals surface area (Å²) in [5, 5.41) is 0.526. The number of rotatable bonds is 2. The first-order chi connectivity index (χ1) is 9.50. The molecule has 0 unspecified atom stereocenters. The summed E-state index contributed by atoms with van der Waals surface area (Å²) in [6, 6.07) is 0. The number of hydrogen-bond acceptors (Lipinski definition) is 4. The van der Waals surface area contributed by atoms with Gasteiger partial charge in [0.25, 0.3) is 0 Å². The molecule has 1 saturated heterocycles. The van der Waals surface area contributed by atoms with Gasteiger partial charge in [0, 0.05) is 38.7 Å². The van der Waals surface area contributed by atoms with Crippen LogP contribution in [-0.2, 0) is 4.79 Å². The van der Waals surface area contributed by atoms with Crippen LogP contribution < -0.4 is 4.90 Å². The molecule has 0 radical (unpaired) electrons. The fraction of sp³-hybridized carbons (Fsp3) is 0.643. The second-order valence-corrected chi connectivity index (χ2v) is 5.76. The zero-order chi connectivity index (χ0) is 14.7. The van der Waals surface area contributed by atoms with Gasteiger partial charge in [0.05, 0.1) is 0 Å². The molecular weight excluding hydrogens is 276 g/mol. The summed E-state index contributed by atoms with van der Waals surface area (Å²) in [4.78, 5) is 24.1. The molecule has 2 rings (SSSR count). The summed E-state index contributed by atoms with van der Waals surface area (Å²) in [7, 11) is 0. The van der Waals surface area contributed by atoms with Crippen molar-refractivity contribution in [3.8, 4) is 0 Å². The molecule has 20 heavy (non-hydrogen) atoms. The maximum absolute atomic E-state index is 11.5. The second-order valence-electron chi connectivity index (χ2n) is 5.40. The number of carbonyl (C=O) groups excluding carboxylic acids is 1. The van der Waals surface area contributed by atoms with Crippen molar-refractivity contribution >= 4 is 23.3 Å². The third-order valence-electron chi connectivity index (χ3n) is 3.63. The van der Waals surface area contributed by atoms with E-state index in [0.717, 1.165) is 44.0 Å². The zero-order valence-corrected chi connectivity index (χ0v) is 13.0. The Morgan fingerprint density at radius 3 is 2.65 bits per heavy atom. The van der Waals surface area contributed by atoms with Crippen molar-refractivity contribution < 1.29 is 4.79 Å². The number of carbonyl (C=O) groups is 1. The van der Waals surface area contributed by atoms with Gasteiger partial charge < -0.3 is 9.80 Å². The summed E-state index contributed by atoms with van der Waals surface area (Å²) in [6.07, 6.45) is 2.45. The van der Waals surface area contributed by atoms with E-state index >= 15 is 0 Å². The van der Waals surface area contributed by atoms with Gasteiger partial charge in [-0.25, -0.2) is 9.97 Å². The molecule has 0 atom stereocenters. The van der Waals surface area contributed by atoms with E-state index in [0.29, 0.717) is 5.15 Å². The van der Waals surface area contributed by atoms with Crippen LogP contribution in [0.3, 0.4) is 0 Å². The average molecular weight is 297 g/mol. The molecule has 5 nitrogen and oxygen atoms in total. The zero-order valence-electron chi connectivity index (χ0n) is 12.3. The van der Waals surface area contributed by atoms with Crippen LogP contribution in [0, 0.1) is 0 Å². The third-order valence-corrected chi connectivity index (χ3v) is 3.93. The first-order valence-electron chi connectivity index (χ1n) is 7.01. The molecule has 0 aliphatic carbocycles. The SMILES string of the molecule is CC(=O)N1CCCN(c2ncnc(Cl)c2C(C)C)CC1. The minimum Gasteiger partial charge on any atom is -0.354 e. The lowest BCUT2D eigenvalue weighted by molar-refractivity contribution is -0.128. The van der Waals surface area contributed by atoms with Crippen molar-refractivity contribution in [2.75, 3.05) is 31.1 Å². The lowest BCUT2D eigenvalue weighted by Gasteiger charge is -2.25. The first-order valence-corrected chi connectivity index (χ1v) is 7.39. The van der Waals surface area contributed by atoms with E-state index in [1.165, 1.54) is 6.33 Å². The Balaban J connectivity index is 2.24. The van der Waals surface area contributed by atoms with Crippen LogP contribution in [0.1, 0.15) is 38.7 Å². The van der Waals surface area contributed by atoms with Crippen molar-refractivity contribution in [3.05, 3.63) is 17.0 Å². The van der Waals surface area contributed by atoms with E-state index in [1.807, 2.05) is 4.90 Å². The van der Waals surface area contributed by atoms with Crippen molar-refractivity contribution in [2.24, 2.45) is 0 Å². The van der Waals surface area contributed by atoms with Crippen molar-refractivity contribution in [1.29, 1.82) is 0 Å². The number of hydrogen-bond donors (Lipinski definition) is 0. The van der Waals surface area contributed by atoms with Crippen LogP contribution in [-0.4, -0.2) is 47.0 Å². The summed E-state index contributed by atoms with van der Waals surface area (Å²) >= 11 is 6.22. The molecule has 0 bridgehead atoms. The molecule has 1 aliphatic rings. The number of nitrogens with zero attached hydrogens (tertiary/aromatic N) is 4. The molecule has 0 saturated carbocycles. The molecule has 110 valence electrons. The fourth-order valence-corrected chi connectivity index (χ4v) is 2.90. The van der Waals surface area contributed by atoms with E-state index in [2.05, 4.69) is 28.7 Å². The van der Waals surface area contributed by atoms with Gasteiger partial charge in [0.2, 0.25) is 5.91 Å². The van der Waals surface area contributed by atoms with Crippen LogP contribution in [0.25, 0.3) is 0 Å². The Hall–Kier alpha value is -1.36. The van der Waals surface area contributed by atoms with E-state index < -0.39 is 0 Å². The van der Waals surface area contributed by atoms with Crippen LogP contribution >= 0.6 is 11.6 Å². The highest BCUT2D eigenvalue weighted by molar-refractivity contribution is 6.30. The molecule has 1 fully saturated rings. The Labute approximate surface area is 124 Å². The van der Waals surface area contributed by atoms with Crippen molar-refractivity contribution in [2.45, 2.75) is 33.1 Å². The van der Waals surface area contributed by atoms with E-state index in [9.17, 15) is 4.79 Å². The Kier molecular flexibility index (Phi) is 4.81. The Morgan fingerprint density at radius 2 is 2.00 bits per heavy atom. The van der Waals surface area contributed by atoms with Gasteiger partial charge in [-0.05, 0) is 12.3 Å². The maximum atomic E-state index is 11.5. The Bertz CT molecular complexity index is 492. The standard InChI is InChI=1S/C14H21ClN4O/c1-10(2)12-13(15)16-9-17-14(12)19-6-4-5-18(7-8-19)11(3)20/h9-10H,4-8H2,1-3H3. The van der Waals surface area contributed by atoms with Crippen LogP contribution in [0.4, 0.5) is 5.82 Å². The lowest BCUT2D eigenvalue weighted by Crippen LogP contribution is -2.34. The summed E-state index contributed by atoms with van der Waals surface area (Å²) < 4.78 is 0. The number of anilines is 1. The van der Waals surface area contributed by atoms with Crippen molar-refractivity contribution in [1.82, 2.24) is 14.9 Å². The number of halogens is 1. The first kappa shape index (κ1) is 15.0. The highest BCUT2D eigenvalue weighted by atomic mass is 35.5. The van der Waals surface area contributed by atoms with Crippen LogP contribution in [0.2, 0.25) is 5.15 Å². The lowest BCUT2D eigenvalue weighted by atomic mass is 10.1. The molecule has 1 aliphatic heterocycles. The minimum atomic E-state index is 0.136.